The Bertz CT molecular complexity index is 547. The van der Waals surface area contributed by atoms with Gasteiger partial charge in [0.05, 0.1) is 0 Å². The first kappa shape index (κ1) is 14.5. The number of likely N-dealkylation sites (N-methyl/N-ethyl adjacent to an activating group) is 1. The summed E-state index contributed by atoms with van der Waals surface area (Å²) in [6, 6.07) is 7.06. The van der Waals surface area contributed by atoms with E-state index in [0.29, 0.717) is 18.1 Å². The second-order valence-electron chi connectivity index (χ2n) is 4.60. The Labute approximate surface area is 119 Å². The van der Waals surface area contributed by atoms with Crippen LogP contribution in [0.5, 0.6) is 0 Å². The van der Waals surface area contributed by atoms with Gasteiger partial charge in [-0.3, -0.25) is 0 Å². The van der Waals surface area contributed by atoms with Gasteiger partial charge in [0, 0.05) is 36.6 Å². The molecule has 1 aliphatic rings. The quantitative estimate of drug-likeness (QED) is 0.856. The van der Waals surface area contributed by atoms with Crippen LogP contribution in [0.25, 0.3) is 6.08 Å². The van der Waals surface area contributed by atoms with Crippen molar-refractivity contribution in [2.75, 3.05) is 33.2 Å². The minimum Gasteiger partial charge on any atom is -0.304 e. The summed E-state index contributed by atoms with van der Waals surface area (Å²) in [5.41, 5.74) is 0.821. The van der Waals surface area contributed by atoms with E-state index in [1.807, 2.05) is 7.05 Å². The molecule has 0 atom stereocenters. The van der Waals surface area contributed by atoms with E-state index in [9.17, 15) is 8.42 Å². The first-order valence-electron chi connectivity index (χ1n) is 6.10. The summed E-state index contributed by atoms with van der Waals surface area (Å²) < 4.78 is 25.8. The number of rotatable bonds is 3. The average molecular weight is 301 g/mol. The molecular formula is C13H17ClN2O2S. The third-order valence-corrected chi connectivity index (χ3v) is 4.94. The van der Waals surface area contributed by atoms with Gasteiger partial charge in [0.15, 0.2) is 0 Å². The number of hydrogen-bond donors (Lipinski definition) is 0. The molecule has 6 heteroatoms. The van der Waals surface area contributed by atoms with Crippen LogP contribution in [0.4, 0.5) is 0 Å². The molecule has 1 aromatic rings. The maximum Gasteiger partial charge on any atom is 0.236 e. The molecule has 19 heavy (non-hydrogen) atoms. The molecular weight excluding hydrogens is 284 g/mol. The molecule has 4 nitrogen and oxygen atoms in total. The number of nitrogens with zero attached hydrogens (tertiary/aromatic N) is 2. The second-order valence-corrected chi connectivity index (χ2v) is 6.86. The molecule has 0 amide bonds. The molecule has 1 fully saturated rings. The van der Waals surface area contributed by atoms with E-state index in [0.717, 1.165) is 18.7 Å². The van der Waals surface area contributed by atoms with Gasteiger partial charge in [-0.2, -0.15) is 4.31 Å². The molecule has 0 bridgehead atoms. The predicted octanol–water partition coefficient (Wildman–Crippen LogP) is 1.89. The van der Waals surface area contributed by atoms with Crippen LogP contribution in [-0.2, 0) is 10.0 Å². The van der Waals surface area contributed by atoms with Crippen molar-refractivity contribution in [1.29, 1.82) is 0 Å². The minimum absolute atomic E-state index is 0.545. The van der Waals surface area contributed by atoms with Crippen molar-refractivity contribution in [2.45, 2.75) is 0 Å². The van der Waals surface area contributed by atoms with Crippen molar-refractivity contribution in [3.8, 4) is 0 Å². The Balaban J connectivity index is 2.06. The zero-order valence-corrected chi connectivity index (χ0v) is 12.4. The van der Waals surface area contributed by atoms with Gasteiger partial charge in [0.25, 0.3) is 0 Å². The summed E-state index contributed by atoms with van der Waals surface area (Å²) in [5.74, 6) is 0. The average Bonchev–Trinajstić information content (AvgIpc) is 2.39. The first-order chi connectivity index (χ1) is 8.97. The lowest BCUT2D eigenvalue weighted by Gasteiger charge is -2.30. The zero-order valence-electron chi connectivity index (χ0n) is 10.8. The van der Waals surface area contributed by atoms with E-state index in [2.05, 4.69) is 4.90 Å². The molecule has 0 saturated carbocycles. The van der Waals surface area contributed by atoms with Gasteiger partial charge in [-0.05, 0) is 30.8 Å². The van der Waals surface area contributed by atoms with E-state index in [1.54, 1.807) is 30.3 Å². The van der Waals surface area contributed by atoms with Crippen LogP contribution < -0.4 is 0 Å². The highest BCUT2D eigenvalue weighted by Gasteiger charge is 2.23. The number of benzene rings is 1. The Kier molecular flexibility index (Phi) is 4.62. The summed E-state index contributed by atoms with van der Waals surface area (Å²) >= 11 is 5.78. The molecule has 0 spiro atoms. The van der Waals surface area contributed by atoms with Crippen molar-refractivity contribution in [1.82, 2.24) is 9.21 Å². The van der Waals surface area contributed by atoms with Crippen LogP contribution in [0.1, 0.15) is 5.56 Å². The van der Waals surface area contributed by atoms with Gasteiger partial charge in [0.2, 0.25) is 10.0 Å². The normalized spacial score (nSPS) is 19.1. The summed E-state index contributed by atoms with van der Waals surface area (Å²) in [7, 11) is -1.33. The van der Waals surface area contributed by atoms with Crippen molar-refractivity contribution in [3.05, 3.63) is 40.3 Å². The molecule has 0 aromatic heterocycles. The lowest BCUT2D eigenvalue weighted by molar-refractivity contribution is 0.224. The third-order valence-electron chi connectivity index (χ3n) is 3.12. The van der Waals surface area contributed by atoms with E-state index in [4.69, 9.17) is 11.6 Å². The van der Waals surface area contributed by atoms with Crippen molar-refractivity contribution >= 4 is 27.7 Å². The Morgan fingerprint density at radius 3 is 2.26 bits per heavy atom. The lowest BCUT2D eigenvalue weighted by atomic mass is 10.2. The predicted molar refractivity (Wildman–Crippen MR) is 78.5 cm³/mol. The van der Waals surface area contributed by atoms with E-state index < -0.39 is 10.0 Å². The van der Waals surface area contributed by atoms with Crippen molar-refractivity contribution in [2.24, 2.45) is 0 Å². The Morgan fingerprint density at radius 1 is 1.11 bits per heavy atom. The monoisotopic (exact) mass is 300 g/mol. The summed E-state index contributed by atoms with van der Waals surface area (Å²) in [5, 5.41) is 1.90. The molecule has 1 aliphatic heterocycles. The van der Waals surface area contributed by atoms with Crippen LogP contribution >= 0.6 is 11.6 Å². The smallest absolute Gasteiger partial charge is 0.236 e. The lowest BCUT2D eigenvalue weighted by Crippen LogP contribution is -2.46. The van der Waals surface area contributed by atoms with Crippen LogP contribution in [0.3, 0.4) is 0 Å². The highest BCUT2D eigenvalue weighted by Crippen LogP contribution is 2.13. The van der Waals surface area contributed by atoms with Crippen LogP contribution in [0.15, 0.2) is 29.7 Å². The molecule has 1 saturated heterocycles. The fraction of sp³-hybridized carbons (Fsp3) is 0.385. The van der Waals surface area contributed by atoms with Gasteiger partial charge in [-0.15, -0.1) is 0 Å². The molecule has 0 radical (unpaired) electrons. The third kappa shape index (κ3) is 4.04. The minimum atomic E-state index is -3.32. The van der Waals surface area contributed by atoms with E-state index >= 15 is 0 Å². The zero-order chi connectivity index (χ0) is 13.9. The maximum absolute atomic E-state index is 12.1. The standard InChI is InChI=1S/C13H17ClN2O2S/c1-15-7-9-16(10-8-15)19(17,18)11-6-12-2-4-13(14)5-3-12/h2-6,11H,7-10H2,1H3. The fourth-order valence-electron chi connectivity index (χ4n) is 1.87. The molecule has 1 heterocycles. The number of piperazine rings is 1. The van der Waals surface area contributed by atoms with Gasteiger partial charge in [-0.1, -0.05) is 23.7 Å². The molecule has 0 N–H and O–H groups in total. The summed E-state index contributed by atoms with van der Waals surface area (Å²) in [6.07, 6.45) is 1.60. The fourth-order valence-corrected chi connectivity index (χ4v) is 3.17. The Hall–Kier alpha value is -0.880. The first-order valence-corrected chi connectivity index (χ1v) is 7.98. The van der Waals surface area contributed by atoms with Gasteiger partial charge in [-0.25, -0.2) is 8.42 Å². The van der Waals surface area contributed by atoms with E-state index in [1.165, 1.54) is 9.71 Å². The van der Waals surface area contributed by atoms with E-state index in [-0.39, 0.29) is 0 Å². The largest absolute Gasteiger partial charge is 0.304 e. The van der Waals surface area contributed by atoms with Crippen molar-refractivity contribution in [3.63, 3.8) is 0 Å². The molecule has 104 valence electrons. The second kappa shape index (κ2) is 6.05. The van der Waals surface area contributed by atoms with Gasteiger partial charge >= 0.3 is 0 Å². The molecule has 0 aliphatic carbocycles. The number of halogens is 1. The highest BCUT2D eigenvalue weighted by molar-refractivity contribution is 7.92. The van der Waals surface area contributed by atoms with Gasteiger partial charge < -0.3 is 4.90 Å². The summed E-state index contributed by atoms with van der Waals surface area (Å²) in [6.45, 7) is 2.63. The maximum atomic E-state index is 12.1. The van der Waals surface area contributed by atoms with Crippen LogP contribution in [0, 0.1) is 0 Å². The number of hydrogen-bond acceptors (Lipinski definition) is 3. The van der Waals surface area contributed by atoms with Crippen LogP contribution in [0.2, 0.25) is 5.02 Å². The Morgan fingerprint density at radius 2 is 1.68 bits per heavy atom. The van der Waals surface area contributed by atoms with Gasteiger partial charge in [0.1, 0.15) is 0 Å². The SMILES string of the molecule is CN1CCN(S(=O)(=O)C=Cc2ccc(Cl)cc2)CC1. The van der Waals surface area contributed by atoms with Crippen LogP contribution in [-0.4, -0.2) is 50.8 Å². The molecule has 1 aromatic carbocycles. The summed E-state index contributed by atoms with van der Waals surface area (Å²) in [4.78, 5) is 2.12. The molecule has 2 rings (SSSR count). The topological polar surface area (TPSA) is 40.6 Å². The van der Waals surface area contributed by atoms with Crippen molar-refractivity contribution < 1.29 is 8.42 Å². The number of sulfonamides is 1. The highest BCUT2D eigenvalue weighted by atomic mass is 35.5. The molecule has 0 unspecified atom stereocenters.